The number of hydrogen-bond acceptors (Lipinski definition) is 3. The molecular weight excluding hydrogens is 190 g/mol. The monoisotopic (exact) mass is 211 g/mol. The fourth-order valence-corrected chi connectivity index (χ4v) is 1.57. The van der Waals surface area contributed by atoms with E-state index in [1.807, 2.05) is 0 Å². The first-order chi connectivity index (χ1) is 7.22. The highest BCUT2D eigenvalue weighted by atomic mass is 16.5. The summed E-state index contributed by atoms with van der Waals surface area (Å²) in [5, 5.41) is 10.7. The van der Waals surface area contributed by atoms with E-state index in [2.05, 4.69) is 36.3 Å². The van der Waals surface area contributed by atoms with Crippen LogP contribution in [-0.2, 0) is 11.2 Å². The highest BCUT2D eigenvalue weighted by molar-refractivity contribution is 5.46. The molecule has 1 atom stereocenters. The molecule has 1 rings (SSSR count). The van der Waals surface area contributed by atoms with Crippen LogP contribution in [0.3, 0.4) is 0 Å². The second-order valence-electron chi connectivity index (χ2n) is 3.73. The minimum Gasteiger partial charge on any atom is -0.383 e. The van der Waals surface area contributed by atoms with E-state index in [4.69, 9.17) is 4.74 Å². The molecule has 0 saturated heterocycles. The van der Waals surface area contributed by atoms with Crippen LogP contribution < -0.4 is 5.32 Å². The third-order valence-corrected chi connectivity index (χ3v) is 2.67. The van der Waals surface area contributed by atoms with Crippen LogP contribution in [0.2, 0.25) is 0 Å². The van der Waals surface area contributed by atoms with Crippen LogP contribution in [-0.4, -0.2) is 30.0 Å². The lowest BCUT2D eigenvalue weighted by Crippen LogP contribution is -2.24. The fraction of sp³-hybridized carbons (Fsp3) is 0.727. The maximum atomic E-state index is 5.14. The minimum absolute atomic E-state index is 0.335. The smallest absolute Gasteiger partial charge is 0.151 e. The second kappa shape index (κ2) is 5.75. The van der Waals surface area contributed by atoms with Crippen molar-refractivity contribution in [2.24, 2.45) is 0 Å². The van der Waals surface area contributed by atoms with Gasteiger partial charge in [0, 0.05) is 18.4 Å². The predicted molar refractivity (Wildman–Crippen MR) is 62.3 cm³/mol. The Morgan fingerprint density at radius 1 is 1.47 bits per heavy atom. The average molecular weight is 211 g/mol. The molecule has 0 aliphatic heterocycles. The van der Waals surface area contributed by atoms with Gasteiger partial charge in [-0.05, 0) is 19.8 Å². The summed E-state index contributed by atoms with van der Waals surface area (Å²) in [5.41, 5.74) is 2.41. The summed E-state index contributed by atoms with van der Waals surface area (Å²) < 4.78 is 5.14. The Bertz CT molecular complexity index is 296. The Kier molecular flexibility index (Phi) is 4.62. The number of anilines is 1. The van der Waals surface area contributed by atoms with Crippen molar-refractivity contribution < 1.29 is 4.74 Å². The quantitative estimate of drug-likeness (QED) is 0.757. The predicted octanol–water partition coefficient (Wildman–Crippen LogP) is 2.12. The molecule has 0 aromatic carbocycles. The molecule has 0 aliphatic carbocycles. The van der Waals surface area contributed by atoms with Crippen molar-refractivity contribution in [2.45, 2.75) is 39.7 Å². The molecular formula is C11H21N3O. The highest BCUT2D eigenvalue weighted by Gasteiger charge is 2.11. The van der Waals surface area contributed by atoms with Crippen molar-refractivity contribution in [2.75, 3.05) is 19.0 Å². The Hall–Kier alpha value is -1.03. The standard InChI is InChI=1S/C11H21N3O/c1-5-9(7-15-4)12-11-8(3)10(6-2)13-14-11/h9H,5-7H2,1-4H3,(H2,12,13,14). The summed E-state index contributed by atoms with van der Waals surface area (Å²) in [5.74, 6) is 0.954. The van der Waals surface area contributed by atoms with E-state index >= 15 is 0 Å². The van der Waals surface area contributed by atoms with E-state index in [1.165, 1.54) is 11.3 Å². The number of nitrogens with one attached hydrogen (secondary N) is 2. The topological polar surface area (TPSA) is 49.9 Å². The molecule has 2 N–H and O–H groups in total. The van der Waals surface area contributed by atoms with Crippen molar-refractivity contribution in [3.05, 3.63) is 11.3 Å². The van der Waals surface area contributed by atoms with Gasteiger partial charge in [-0.3, -0.25) is 5.10 Å². The molecule has 0 bridgehead atoms. The SMILES string of the molecule is CCc1[nH]nc(NC(CC)COC)c1C. The van der Waals surface area contributed by atoms with Crippen LogP contribution in [0, 0.1) is 6.92 Å². The molecule has 1 aromatic heterocycles. The van der Waals surface area contributed by atoms with E-state index < -0.39 is 0 Å². The lowest BCUT2D eigenvalue weighted by atomic mass is 10.2. The Balaban J connectivity index is 2.66. The maximum absolute atomic E-state index is 5.14. The van der Waals surface area contributed by atoms with Crippen LogP contribution in [0.4, 0.5) is 5.82 Å². The maximum Gasteiger partial charge on any atom is 0.151 e. The third kappa shape index (κ3) is 2.96. The summed E-state index contributed by atoms with van der Waals surface area (Å²) >= 11 is 0. The number of aromatic nitrogens is 2. The molecule has 1 aromatic rings. The number of aromatic amines is 1. The molecule has 1 unspecified atom stereocenters. The van der Waals surface area contributed by atoms with Gasteiger partial charge in [-0.2, -0.15) is 5.10 Å². The highest BCUT2D eigenvalue weighted by Crippen LogP contribution is 2.16. The van der Waals surface area contributed by atoms with Gasteiger partial charge in [0.15, 0.2) is 5.82 Å². The number of methoxy groups -OCH3 is 1. The Morgan fingerprint density at radius 2 is 2.20 bits per heavy atom. The lowest BCUT2D eigenvalue weighted by Gasteiger charge is -2.15. The minimum atomic E-state index is 0.335. The third-order valence-electron chi connectivity index (χ3n) is 2.67. The van der Waals surface area contributed by atoms with Gasteiger partial charge in [0.1, 0.15) is 0 Å². The van der Waals surface area contributed by atoms with Crippen molar-refractivity contribution in [1.82, 2.24) is 10.2 Å². The zero-order chi connectivity index (χ0) is 11.3. The fourth-order valence-electron chi connectivity index (χ4n) is 1.57. The van der Waals surface area contributed by atoms with Gasteiger partial charge in [-0.25, -0.2) is 0 Å². The van der Waals surface area contributed by atoms with Crippen molar-refractivity contribution in [3.8, 4) is 0 Å². The summed E-state index contributed by atoms with van der Waals surface area (Å²) in [7, 11) is 1.72. The van der Waals surface area contributed by atoms with Crippen molar-refractivity contribution in [3.63, 3.8) is 0 Å². The van der Waals surface area contributed by atoms with Crippen LogP contribution in [0.15, 0.2) is 0 Å². The van der Waals surface area contributed by atoms with E-state index in [0.717, 1.165) is 18.7 Å². The Morgan fingerprint density at radius 3 is 2.67 bits per heavy atom. The first kappa shape index (κ1) is 12.0. The molecule has 0 amide bonds. The number of aryl methyl sites for hydroxylation is 1. The average Bonchev–Trinajstić information content (AvgIpc) is 2.59. The zero-order valence-electron chi connectivity index (χ0n) is 10.1. The van der Waals surface area contributed by atoms with Crippen LogP contribution in [0.25, 0.3) is 0 Å². The van der Waals surface area contributed by atoms with E-state index in [-0.39, 0.29) is 0 Å². The normalized spacial score (nSPS) is 12.8. The number of ether oxygens (including phenoxy) is 1. The van der Waals surface area contributed by atoms with E-state index in [0.29, 0.717) is 12.6 Å². The van der Waals surface area contributed by atoms with Gasteiger partial charge in [0.2, 0.25) is 0 Å². The number of nitrogens with zero attached hydrogens (tertiary/aromatic N) is 1. The van der Waals surface area contributed by atoms with Gasteiger partial charge in [0.25, 0.3) is 0 Å². The summed E-state index contributed by atoms with van der Waals surface area (Å²) in [6, 6.07) is 0.335. The molecule has 0 saturated carbocycles. The molecule has 4 heteroatoms. The van der Waals surface area contributed by atoms with Gasteiger partial charge >= 0.3 is 0 Å². The first-order valence-electron chi connectivity index (χ1n) is 5.52. The van der Waals surface area contributed by atoms with Crippen LogP contribution in [0.5, 0.6) is 0 Å². The van der Waals surface area contributed by atoms with Crippen molar-refractivity contribution >= 4 is 5.82 Å². The second-order valence-corrected chi connectivity index (χ2v) is 3.73. The van der Waals surface area contributed by atoms with Crippen LogP contribution in [0.1, 0.15) is 31.5 Å². The summed E-state index contributed by atoms with van der Waals surface area (Å²) in [4.78, 5) is 0. The first-order valence-corrected chi connectivity index (χ1v) is 5.52. The van der Waals surface area contributed by atoms with Gasteiger partial charge in [-0.1, -0.05) is 13.8 Å². The van der Waals surface area contributed by atoms with E-state index in [1.54, 1.807) is 7.11 Å². The number of rotatable bonds is 6. The molecule has 0 spiro atoms. The van der Waals surface area contributed by atoms with Crippen molar-refractivity contribution in [1.29, 1.82) is 0 Å². The number of hydrogen-bond donors (Lipinski definition) is 2. The molecule has 0 radical (unpaired) electrons. The largest absolute Gasteiger partial charge is 0.383 e. The van der Waals surface area contributed by atoms with Gasteiger partial charge in [0.05, 0.1) is 12.6 Å². The molecule has 0 aliphatic rings. The summed E-state index contributed by atoms with van der Waals surface area (Å²) in [6.45, 7) is 7.06. The molecule has 86 valence electrons. The molecule has 15 heavy (non-hydrogen) atoms. The molecule has 1 heterocycles. The number of H-pyrrole nitrogens is 1. The lowest BCUT2D eigenvalue weighted by molar-refractivity contribution is 0.184. The Labute approximate surface area is 91.4 Å². The van der Waals surface area contributed by atoms with E-state index in [9.17, 15) is 0 Å². The van der Waals surface area contributed by atoms with Crippen LogP contribution >= 0.6 is 0 Å². The molecule has 4 nitrogen and oxygen atoms in total. The van der Waals surface area contributed by atoms with Gasteiger partial charge < -0.3 is 10.1 Å². The van der Waals surface area contributed by atoms with Gasteiger partial charge in [-0.15, -0.1) is 0 Å². The molecule has 0 fully saturated rings. The summed E-state index contributed by atoms with van der Waals surface area (Å²) in [6.07, 6.45) is 2.02. The zero-order valence-corrected chi connectivity index (χ0v) is 10.1.